The van der Waals surface area contributed by atoms with Gasteiger partial charge in [0.05, 0.1) is 6.26 Å². The molecule has 0 unspecified atom stereocenters. The molecule has 6 heteroatoms. The average Bonchev–Trinajstić information content (AvgIpc) is 3.26. The molecule has 0 fully saturated rings. The second-order valence-corrected chi connectivity index (χ2v) is 5.93. The monoisotopic (exact) mass is 364 g/mol. The number of amides is 2. The number of hydrogen-bond donors (Lipinski definition) is 3. The molecule has 2 amide bonds. The number of aliphatic hydroxyl groups is 1. The van der Waals surface area contributed by atoms with Gasteiger partial charge in [-0.2, -0.15) is 0 Å². The van der Waals surface area contributed by atoms with Crippen molar-refractivity contribution in [2.75, 3.05) is 13.1 Å². The van der Waals surface area contributed by atoms with Crippen LogP contribution in [0.4, 0.5) is 0 Å². The highest BCUT2D eigenvalue weighted by molar-refractivity contribution is 5.92. The van der Waals surface area contributed by atoms with E-state index >= 15 is 0 Å². The van der Waals surface area contributed by atoms with Crippen LogP contribution in [-0.4, -0.2) is 30.0 Å². The Kier molecular flexibility index (Phi) is 5.68. The zero-order valence-electron chi connectivity index (χ0n) is 14.6. The summed E-state index contributed by atoms with van der Waals surface area (Å²) >= 11 is 0. The van der Waals surface area contributed by atoms with Crippen LogP contribution in [0.25, 0.3) is 0 Å². The Balaban J connectivity index is 1.68. The van der Waals surface area contributed by atoms with Gasteiger partial charge in [-0.15, -0.1) is 0 Å². The maximum absolute atomic E-state index is 12.8. The summed E-state index contributed by atoms with van der Waals surface area (Å²) in [4.78, 5) is 24.7. The SMILES string of the molecule is O=C(NCCNC(=O)C(O)(c1ccccc1)c1ccccc1)c1ccco1. The molecule has 0 spiro atoms. The Bertz CT molecular complexity index is 838. The van der Waals surface area contributed by atoms with Crippen molar-refractivity contribution in [1.82, 2.24) is 10.6 Å². The third-order valence-corrected chi connectivity index (χ3v) is 4.15. The van der Waals surface area contributed by atoms with Gasteiger partial charge in [0.15, 0.2) is 11.4 Å². The highest BCUT2D eigenvalue weighted by Crippen LogP contribution is 2.29. The molecule has 6 nitrogen and oxygen atoms in total. The van der Waals surface area contributed by atoms with Crippen molar-refractivity contribution in [2.24, 2.45) is 0 Å². The van der Waals surface area contributed by atoms with E-state index in [1.54, 1.807) is 60.7 Å². The van der Waals surface area contributed by atoms with E-state index in [1.807, 2.05) is 12.1 Å². The number of carbonyl (C=O) groups is 2. The van der Waals surface area contributed by atoms with E-state index in [4.69, 9.17) is 4.42 Å². The van der Waals surface area contributed by atoms with Crippen molar-refractivity contribution in [2.45, 2.75) is 5.60 Å². The van der Waals surface area contributed by atoms with E-state index < -0.39 is 11.5 Å². The number of rotatable bonds is 7. The first-order valence-corrected chi connectivity index (χ1v) is 8.56. The fraction of sp³-hybridized carbons (Fsp3) is 0.143. The second-order valence-electron chi connectivity index (χ2n) is 5.93. The Morgan fingerprint density at radius 2 is 1.37 bits per heavy atom. The standard InChI is InChI=1S/C21H20N2O4/c24-19(18-12-7-15-27-18)22-13-14-23-20(25)21(26,16-8-3-1-4-9-16)17-10-5-2-6-11-17/h1-12,15,26H,13-14H2,(H,22,24)(H,23,25). The lowest BCUT2D eigenvalue weighted by Crippen LogP contribution is -2.47. The number of benzene rings is 2. The molecular weight excluding hydrogens is 344 g/mol. The number of nitrogens with one attached hydrogen (secondary N) is 2. The molecule has 1 aromatic heterocycles. The third kappa shape index (κ3) is 4.07. The molecule has 0 atom stereocenters. The normalized spacial score (nSPS) is 11.0. The first-order valence-electron chi connectivity index (χ1n) is 8.56. The van der Waals surface area contributed by atoms with E-state index in [0.29, 0.717) is 11.1 Å². The summed E-state index contributed by atoms with van der Waals surface area (Å²) < 4.78 is 5.00. The van der Waals surface area contributed by atoms with Gasteiger partial charge in [0.2, 0.25) is 0 Å². The van der Waals surface area contributed by atoms with Gasteiger partial charge in [0, 0.05) is 13.1 Å². The van der Waals surface area contributed by atoms with Crippen molar-refractivity contribution in [3.63, 3.8) is 0 Å². The van der Waals surface area contributed by atoms with Gasteiger partial charge in [-0.05, 0) is 23.3 Å². The van der Waals surface area contributed by atoms with Gasteiger partial charge in [-0.1, -0.05) is 60.7 Å². The molecule has 3 rings (SSSR count). The van der Waals surface area contributed by atoms with Gasteiger partial charge in [-0.25, -0.2) is 0 Å². The summed E-state index contributed by atoms with van der Waals surface area (Å²) in [5, 5.41) is 16.6. The summed E-state index contributed by atoms with van der Waals surface area (Å²) in [5.74, 6) is -0.728. The zero-order chi connectivity index (χ0) is 19.1. The molecule has 2 aromatic carbocycles. The third-order valence-electron chi connectivity index (χ3n) is 4.15. The molecule has 0 radical (unpaired) electrons. The fourth-order valence-corrected chi connectivity index (χ4v) is 2.76. The lowest BCUT2D eigenvalue weighted by Gasteiger charge is -2.28. The molecule has 0 aliphatic heterocycles. The van der Waals surface area contributed by atoms with Crippen molar-refractivity contribution < 1.29 is 19.1 Å². The molecule has 138 valence electrons. The van der Waals surface area contributed by atoms with Crippen LogP contribution in [0.3, 0.4) is 0 Å². The summed E-state index contributed by atoms with van der Waals surface area (Å²) in [6, 6.07) is 20.7. The quantitative estimate of drug-likeness (QED) is 0.560. The fourth-order valence-electron chi connectivity index (χ4n) is 2.76. The van der Waals surface area contributed by atoms with Crippen molar-refractivity contribution in [3.8, 4) is 0 Å². The maximum Gasteiger partial charge on any atom is 0.287 e. The van der Waals surface area contributed by atoms with E-state index in [-0.39, 0.29) is 24.8 Å². The van der Waals surface area contributed by atoms with Gasteiger partial charge >= 0.3 is 0 Å². The van der Waals surface area contributed by atoms with Crippen LogP contribution < -0.4 is 10.6 Å². The minimum absolute atomic E-state index is 0.160. The molecule has 0 aliphatic carbocycles. The lowest BCUT2D eigenvalue weighted by atomic mass is 9.85. The van der Waals surface area contributed by atoms with E-state index in [2.05, 4.69) is 10.6 Å². The molecule has 0 saturated carbocycles. The summed E-state index contributed by atoms with van der Waals surface area (Å²) in [7, 11) is 0. The summed E-state index contributed by atoms with van der Waals surface area (Å²) in [6.45, 7) is 0.359. The molecule has 0 saturated heterocycles. The minimum Gasteiger partial charge on any atom is -0.459 e. The van der Waals surface area contributed by atoms with Crippen LogP contribution in [0.2, 0.25) is 0 Å². The topological polar surface area (TPSA) is 91.6 Å². The molecule has 3 N–H and O–H groups in total. The molecule has 27 heavy (non-hydrogen) atoms. The molecule has 3 aromatic rings. The lowest BCUT2D eigenvalue weighted by molar-refractivity contribution is -0.136. The first-order chi connectivity index (χ1) is 13.1. The smallest absolute Gasteiger partial charge is 0.287 e. The highest BCUT2D eigenvalue weighted by Gasteiger charge is 2.39. The van der Waals surface area contributed by atoms with Gasteiger partial charge in [0.1, 0.15) is 0 Å². The van der Waals surface area contributed by atoms with E-state index in [1.165, 1.54) is 6.26 Å². The van der Waals surface area contributed by atoms with Crippen molar-refractivity contribution >= 4 is 11.8 Å². The van der Waals surface area contributed by atoms with E-state index in [0.717, 1.165) is 0 Å². The summed E-state index contributed by atoms with van der Waals surface area (Å²) in [5.41, 5.74) is -0.894. The first kappa shape index (κ1) is 18.4. The van der Waals surface area contributed by atoms with Crippen LogP contribution in [0.5, 0.6) is 0 Å². The minimum atomic E-state index is -1.83. The Labute approximate surface area is 156 Å². The van der Waals surface area contributed by atoms with E-state index in [9.17, 15) is 14.7 Å². The van der Waals surface area contributed by atoms with Gasteiger partial charge in [0.25, 0.3) is 11.8 Å². The number of carbonyl (C=O) groups excluding carboxylic acids is 2. The molecule has 0 bridgehead atoms. The molecule has 0 aliphatic rings. The van der Waals surface area contributed by atoms with Gasteiger partial charge < -0.3 is 20.2 Å². The van der Waals surface area contributed by atoms with Crippen LogP contribution in [-0.2, 0) is 10.4 Å². The van der Waals surface area contributed by atoms with Crippen molar-refractivity contribution in [1.29, 1.82) is 0 Å². The Hall–Kier alpha value is -3.38. The van der Waals surface area contributed by atoms with Gasteiger partial charge in [-0.3, -0.25) is 9.59 Å². The predicted molar refractivity (Wildman–Crippen MR) is 99.9 cm³/mol. The predicted octanol–water partition coefficient (Wildman–Crippen LogP) is 2.06. The Morgan fingerprint density at radius 1 is 0.815 bits per heavy atom. The summed E-state index contributed by atoms with van der Waals surface area (Å²) in [6.07, 6.45) is 1.41. The van der Waals surface area contributed by atoms with Crippen LogP contribution in [0, 0.1) is 0 Å². The largest absolute Gasteiger partial charge is 0.459 e. The molecule has 1 heterocycles. The zero-order valence-corrected chi connectivity index (χ0v) is 14.6. The highest BCUT2D eigenvalue weighted by atomic mass is 16.3. The second kappa shape index (κ2) is 8.33. The van der Waals surface area contributed by atoms with Crippen LogP contribution >= 0.6 is 0 Å². The maximum atomic E-state index is 12.8. The van der Waals surface area contributed by atoms with Crippen molar-refractivity contribution in [3.05, 3.63) is 95.9 Å². The number of hydrogen-bond acceptors (Lipinski definition) is 4. The van der Waals surface area contributed by atoms with Crippen LogP contribution in [0.1, 0.15) is 21.7 Å². The molecular formula is C21H20N2O4. The number of furan rings is 1. The van der Waals surface area contributed by atoms with Crippen LogP contribution in [0.15, 0.2) is 83.5 Å². The Morgan fingerprint density at radius 3 is 1.89 bits per heavy atom. The average molecular weight is 364 g/mol.